The van der Waals surface area contributed by atoms with Crippen molar-refractivity contribution in [2.75, 3.05) is 0 Å². The highest BCUT2D eigenvalue weighted by Crippen LogP contribution is 2.64. The molecule has 0 radical (unpaired) electrons. The van der Waals surface area contributed by atoms with E-state index in [0.717, 1.165) is 38.5 Å². The average Bonchev–Trinajstić information content (AvgIpc) is 2.77. The molecule has 0 aromatic heterocycles. The molecule has 0 spiro atoms. The van der Waals surface area contributed by atoms with E-state index in [0.29, 0.717) is 42.2 Å². The fraction of sp³-hybridized carbons (Fsp3) is 0.895. The van der Waals surface area contributed by atoms with Gasteiger partial charge >= 0.3 is 0 Å². The predicted octanol–water partition coefficient (Wildman–Crippen LogP) is 3.14. The Hall–Kier alpha value is -0.700. The van der Waals surface area contributed by atoms with Gasteiger partial charge in [0.2, 0.25) is 0 Å². The molecule has 0 aliphatic heterocycles. The molecule has 0 saturated heterocycles. The summed E-state index contributed by atoms with van der Waals surface area (Å²) in [6.07, 6.45) is 6.67. The van der Waals surface area contributed by atoms with Crippen LogP contribution in [0.4, 0.5) is 0 Å². The van der Waals surface area contributed by atoms with Gasteiger partial charge in [-0.15, -0.1) is 0 Å². The number of carbonyl (C=O) groups is 2. The van der Waals surface area contributed by atoms with Crippen molar-refractivity contribution in [3.63, 3.8) is 0 Å². The molecule has 22 heavy (non-hydrogen) atoms. The number of ketones is 2. The summed E-state index contributed by atoms with van der Waals surface area (Å²) in [5.74, 6) is 2.27. The highest BCUT2D eigenvalue weighted by molar-refractivity contribution is 5.88. The molecule has 3 nitrogen and oxygen atoms in total. The number of hydrogen-bond donors (Lipinski definition) is 1. The third-order valence-electron chi connectivity index (χ3n) is 8.14. The van der Waals surface area contributed by atoms with E-state index in [-0.39, 0.29) is 22.9 Å². The second kappa shape index (κ2) is 4.66. The van der Waals surface area contributed by atoms with Crippen molar-refractivity contribution in [3.8, 4) is 0 Å². The van der Waals surface area contributed by atoms with Crippen LogP contribution in [0.15, 0.2) is 0 Å². The molecule has 0 aromatic rings. The smallest absolute Gasteiger partial charge is 0.139 e. The van der Waals surface area contributed by atoms with Gasteiger partial charge < -0.3 is 5.11 Å². The highest BCUT2D eigenvalue weighted by Gasteiger charge is 2.62. The lowest BCUT2D eigenvalue weighted by Gasteiger charge is -2.59. The SMILES string of the molecule is C[C@]12CC[C@H](O)C[C@H]1C(=O)C[C@@H]1[C@@H]2CC[C@]2(C)C(=O)CC[C@@H]12. The molecule has 4 fully saturated rings. The first kappa shape index (κ1) is 14.9. The number of fused-ring (bicyclic) bond motifs is 5. The zero-order valence-corrected chi connectivity index (χ0v) is 13.8. The quantitative estimate of drug-likeness (QED) is 0.748. The summed E-state index contributed by atoms with van der Waals surface area (Å²) in [4.78, 5) is 25.2. The molecule has 4 aliphatic carbocycles. The van der Waals surface area contributed by atoms with Crippen LogP contribution in [0.3, 0.4) is 0 Å². The minimum Gasteiger partial charge on any atom is -0.393 e. The Morgan fingerprint density at radius 1 is 1.05 bits per heavy atom. The Morgan fingerprint density at radius 2 is 1.82 bits per heavy atom. The fourth-order valence-electron chi connectivity index (χ4n) is 6.79. The molecule has 0 bridgehead atoms. The molecule has 0 aromatic carbocycles. The first-order chi connectivity index (χ1) is 10.4. The van der Waals surface area contributed by atoms with Crippen molar-refractivity contribution in [2.45, 2.75) is 71.3 Å². The predicted molar refractivity (Wildman–Crippen MR) is 83.1 cm³/mol. The molecule has 1 N–H and O–H groups in total. The summed E-state index contributed by atoms with van der Waals surface area (Å²) in [5.41, 5.74) is -0.0922. The Balaban J connectivity index is 1.69. The van der Waals surface area contributed by atoms with Crippen molar-refractivity contribution < 1.29 is 14.7 Å². The molecule has 4 rings (SSSR count). The largest absolute Gasteiger partial charge is 0.393 e. The van der Waals surface area contributed by atoms with Gasteiger partial charge in [-0.1, -0.05) is 13.8 Å². The first-order valence-corrected chi connectivity index (χ1v) is 9.10. The number of carbonyl (C=O) groups excluding carboxylic acids is 2. The lowest BCUT2D eigenvalue weighted by atomic mass is 9.45. The van der Waals surface area contributed by atoms with Crippen LogP contribution in [0.5, 0.6) is 0 Å². The van der Waals surface area contributed by atoms with Gasteiger partial charge in [-0.3, -0.25) is 9.59 Å². The summed E-state index contributed by atoms with van der Waals surface area (Å²) < 4.78 is 0. The standard InChI is InChI=1S/C19H28O3/c1-18-7-5-11(20)9-15(18)16(21)10-12-13-3-4-17(22)19(13,2)8-6-14(12)18/h11-15,20H,3-10H2,1-2H3/t11-,12-,13-,14-,15-,18+,19-/m0/s1. The third-order valence-corrected chi connectivity index (χ3v) is 8.14. The monoisotopic (exact) mass is 304 g/mol. The van der Waals surface area contributed by atoms with Gasteiger partial charge in [-0.2, -0.15) is 0 Å². The van der Waals surface area contributed by atoms with Crippen LogP contribution >= 0.6 is 0 Å². The van der Waals surface area contributed by atoms with Crippen LogP contribution in [0.25, 0.3) is 0 Å². The van der Waals surface area contributed by atoms with Crippen LogP contribution in [-0.4, -0.2) is 22.8 Å². The van der Waals surface area contributed by atoms with E-state index in [1.165, 1.54) is 0 Å². The first-order valence-electron chi connectivity index (χ1n) is 9.10. The summed E-state index contributed by atoms with van der Waals surface area (Å²) in [6, 6.07) is 0. The number of aliphatic hydroxyl groups is 1. The van der Waals surface area contributed by atoms with Gasteiger partial charge in [0.25, 0.3) is 0 Å². The van der Waals surface area contributed by atoms with Crippen molar-refractivity contribution in [1.29, 1.82) is 0 Å². The molecular weight excluding hydrogens is 276 g/mol. The Kier molecular flexibility index (Phi) is 3.15. The number of Topliss-reactive ketones (excluding diaryl/α,β-unsaturated/α-hetero) is 2. The van der Waals surface area contributed by atoms with Crippen LogP contribution in [0.2, 0.25) is 0 Å². The lowest BCUT2D eigenvalue weighted by molar-refractivity contribution is -0.160. The fourth-order valence-corrected chi connectivity index (χ4v) is 6.79. The minimum atomic E-state index is -0.291. The van der Waals surface area contributed by atoms with Crippen LogP contribution in [-0.2, 0) is 9.59 Å². The van der Waals surface area contributed by atoms with E-state index >= 15 is 0 Å². The van der Waals surface area contributed by atoms with Crippen molar-refractivity contribution >= 4 is 11.6 Å². The van der Waals surface area contributed by atoms with Gasteiger partial charge in [0.05, 0.1) is 6.10 Å². The maximum Gasteiger partial charge on any atom is 0.139 e. The van der Waals surface area contributed by atoms with E-state index in [9.17, 15) is 14.7 Å². The molecule has 3 heteroatoms. The molecule has 4 saturated carbocycles. The molecule has 4 aliphatic rings. The summed E-state index contributed by atoms with van der Waals surface area (Å²) in [7, 11) is 0. The summed E-state index contributed by atoms with van der Waals surface area (Å²) >= 11 is 0. The normalized spacial score (nSPS) is 54.6. The van der Waals surface area contributed by atoms with E-state index in [2.05, 4.69) is 13.8 Å². The zero-order valence-electron chi connectivity index (χ0n) is 13.8. The van der Waals surface area contributed by atoms with Crippen LogP contribution < -0.4 is 0 Å². The molecular formula is C19H28O3. The van der Waals surface area contributed by atoms with Crippen molar-refractivity contribution in [3.05, 3.63) is 0 Å². The average molecular weight is 304 g/mol. The molecule has 7 atom stereocenters. The molecule has 122 valence electrons. The van der Waals surface area contributed by atoms with Crippen LogP contribution in [0, 0.1) is 34.5 Å². The number of rotatable bonds is 0. The second-order valence-electron chi connectivity index (χ2n) is 8.95. The number of aliphatic hydroxyl groups excluding tert-OH is 1. The maximum absolute atomic E-state index is 12.8. The van der Waals surface area contributed by atoms with Crippen LogP contribution in [0.1, 0.15) is 65.2 Å². The number of hydrogen-bond acceptors (Lipinski definition) is 3. The van der Waals surface area contributed by atoms with E-state index in [4.69, 9.17) is 0 Å². The lowest BCUT2D eigenvalue weighted by Crippen LogP contribution is -2.57. The van der Waals surface area contributed by atoms with E-state index in [1.54, 1.807) is 0 Å². The Bertz CT molecular complexity index is 527. The van der Waals surface area contributed by atoms with E-state index < -0.39 is 0 Å². The molecule has 0 heterocycles. The molecule has 0 unspecified atom stereocenters. The Labute approximate surface area is 132 Å². The minimum absolute atomic E-state index is 0.0546. The van der Waals surface area contributed by atoms with Gasteiger partial charge in [0.1, 0.15) is 11.6 Å². The zero-order chi connectivity index (χ0) is 15.7. The van der Waals surface area contributed by atoms with Crippen molar-refractivity contribution in [1.82, 2.24) is 0 Å². The van der Waals surface area contributed by atoms with Gasteiger partial charge in [0.15, 0.2) is 0 Å². The third kappa shape index (κ3) is 1.78. The summed E-state index contributed by atoms with van der Waals surface area (Å²) in [6.45, 7) is 4.46. The summed E-state index contributed by atoms with van der Waals surface area (Å²) in [5, 5.41) is 10.0. The highest BCUT2D eigenvalue weighted by atomic mass is 16.3. The van der Waals surface area contributed by atoms with Gasteiger partial charge in [-0.25, -0.2) is 0 Å². The Morgan fingerprint density at radius 3 is 2.59 bits per heavy atom. The maximum atomic E-state index is 12.8. The second-order valence-corrected chi connectivity index (χ2v) is 8.95. The van der Waals surface area contributed by atoms with Gasteiger partial charge in [0, 0.05) is 24.2 Å². The van der Waals surface area contributed by atoms with Gasteiger partial charge in [-0.05, 0) is 61.7 Å². The van der Waals surface area contributed by atoms with E-state index in [1.807, 2.05) is 0 Å². The molecule has 0 amide bonds. The van der Waals surface area contributed by atoms with Crippen molar-refractivity contribution in [2.24, 2.45) is 34.5 Å². The topological polar surface area (TPSA) is 54.4 Å².